The van der Waals surface area contributed by atoms with Crippen LogP contribution in [-0.2, 0) is 0 Å². The first kappa shape index (κ1) is 13.8. The third kappa shape index (κ3) is 3.36. The Morgan fingerprint density at radius 3 is 2.62 bits per heavy atom. The second-order valence-electron chi connectivity index (χ2n) is 4.08. The first-order valence-corrected chi connectivity index (χ1v) is 6.26. The van der Waals surface area contributed by atoms with E-state index in [1.54, 1.807) is 6.07 Å². The summed E-state index contributed by atoms with van der Waals surface area (Å²) in [6.45, 7) is 4.31. The highest BCUT2D eigenvalue weighted by molar-refractivity contribution is 6.33. The van der Waals surface area contributed by atoms with Gasteiger partial charge in [0.2, 0.25) is 0 Å². The predicted molar refractivity (Wildman–Crippen MR) is 70.6 cm³/mol. The van der Waals surface area contributed by atoms with Crippen LogP contribution in [0, 0.1) is 5.92 Å². The van der Waals surface area contributed by atoms with Crippen LogP contribution in [0.3, 0.4) is 0 Å². The number of nitrogens with one attached hydrogen (secondary N) is 1. The van der Waals surface area contributed by atoms with Gasteiger partial charge in [-0.2, -0.15) is 0 Å². The van der Waals surface area contributed by atoms with Crippen molar-refractivity contribution in [3.63, 3.8) is 0 Å². The van der Waals surface area contributed by atoms with Gasteiger partial charge in [-0.1, -0.05) is 43.5 Å². The van der Waals surface area contributed by atoms with Gasteiger partial charge < -0.3 is 0 Å². The normalized spacial score (nSPS) is 14.8. The maximum Gasteiger partial charge on any atom is 0.0500 e. The van der Waals surface area contributed by atoms with Crippen LogP contribution in [0.25, 0.3) is 0 Å². The first-order chi connectivity index (χ1) is 7.60. The number of halogens is 2. The summed E-state index contributed by atoms with van der Waals surface area (Å²) in [4.78, 5) is 0. The summed E-state index contributed by atoms with van der Waals surface area (Å²) in [7, 11) is 0. The topological polar surface area (TPSA) is 38.0 Å². The molecule has 3 N–H and O–H groups in total. The van der Waals surface area contributed by atoms with Gasteiger partial charge in [0.05, 0.1) is 6.04 Å². The number of hydrogen-bond acceptors (Lipinski definition) is 2. The molecule has 0 spiro atoms. The Kier molecular flexibility index (Phi) is 5.56. The molecule has 16 heavy (non-hydrogen) atoms. The molecule has 0 bridgehead atoms. The van der Waals surface area contributed by atoms with Gasteiger partial charge in [0.25, 0.3) is 0 Å². The zero-order valence-electron chi connectivity index (χ0n) is 9.63. The van der Waals surface area contributed by atoms with Crippen LogP contribution < -0.4 is 11.3 Å². The van der Waals surface area contributed by atoms with E-state index in [0.29, 0.717) is 16.0 Å². The number of hydrazine groups is 1. The molecule has 0 aliphatic rings. The van der Waals surface area contributed by atoms with Crippen molar-refractivity contribution in [3.05, 3.63) is 33.8 Å². The van der Waals surface area contributed by atoms with Gasteiger partial charge in [-0.05, 0) is 36.1 Å². The van der Waals surface area contributed by atoms with Crippen molar-refractivity contribution in [2.45, 2.75) is 32.7 Å². The molecule has 0 radical (unpaired) electrons. The third-order valence-corrected chi connectivity index (χ3v) is 3.37. The molecule has 0 fully saturated rings. The lowest BCUT2D eigenvalue weighted by Crippen LogP contribution is -2.32. The van der Waals surface area contributed by atoms with Crippen molar-refractivity contribution in [1.29, 1.82) is 0 Å². The third-order valence-electron chi connectivity index (χ3n) is 2.79. The Labute approximate surface area is 107 Å². The predicted octanol–water partition coefficient (Wildman–Crippen LogP) is 3.93. The summed E-state index contributed by atoms with van der Waals surface area (Å²) in [5, 5.41) is 1.39. The number of benzene rings is 1. The summed E-state index contributed by atoms with van der Waals surface area (Å²) >= 11 is 12.1. The van der Waals surface area contributed by atoms with Crippen LogP contribution in [-0.4, -0.2) is 0 Å². The lowest BCUT2D eigenvalue weighted by atomic mass is 9.91. The quantitative estimate of drug-likeness (QED) is 0.622. The maximum atomic E-state index is 6.16. The van der Waals surface area contributed by atoms with E-state index >= 15 is 0 Å². The minimum Gasteiger partial charge on any atom is -0.271 e. The van der Waals surface area contributed by atoms with E-state index in [1.807, 2.05) is 12.1 Å². The van der Waals surface area contributed by atoms with Crippen LogP contribution in [0.5, 0.6) is 0 Å². The molecule has 0 aliphatic heterocycles. The van der Waals surface area contributed by atoms with Gasteiger partial charge in [0.1, 0.15) is 0 Å². The molecule has 1 aromatic carbocycles. The lowest BCUT2D eigenvalue weighted by molar-refractivity contribution is 0.368. The van der Waals surface area contributed by atoms with E-state index in [4.69, 9.17) is 29.0 Å². The Morgan fingerprint density at radius 1 is 1.38 bits per heavy atom. The molecule has 1 aromatic rings. The molecular formula is C12H18Cl2N2. The van der Waals surface area contributed by atoms with Crippen molar-refractivity contribution in [1.82, 2.24) is 5.43 Å². The fraction of sp³-hybridized carbons (Fsp3) is 0.500. The lowest BCUT2D eigenvalue weighted by Gasteiger charge is -2.24. The van der Waals surface area contributed by atoms with Crippen molar-refractivity contribution in [2.24, 2.45) is 11.8 Å². The Bertz CT molecular complexity index is 342. The summed E-state index contributed by atoms with van der Waals surface area (Å²) < 4.78 is 0. The monoisotopic (exact) mass is 260 g/mol. The van der Waals surface area contributed by atoms with E-state index in [1.165, 1.54) is 0 Å². The van der Waals surface area contributed by atoms with Crippen LogP contribution in [0.1, 0.15) is 38.3 Å². The van der Waals surface area contributed by atoms with Crippen LogP contribution in [0.15, 0.2) is 18.2 Å². The molecule has 2 nitrogen and oxygen atoms in total. The Balaban J connectivity index is 2.98. The first-order valence-electron chi connectivity index (χ1n) is 5.51. The van der Waals surface area contributed by atoms with Crippen LogP contribution in [0.4, 0.5) is 0 Å². The standard InChI is InChI=1S/C12H18Cl2N2/c1-3-4-8(2)12(16-15)10-7-9(13)5-6-11(10)14/h5-8,12,16H,3-4,15H2,1-2H3. The smallest absolute Gasteiger partial charge is 0.0500 e. The van der Waals surface area contributed by atoms with Gasteiger partial charge in [-0.25, -0.2) is 0 Å². The maximum absolute atomic E-state index is 6.16. The molecule has 4 heteroatoms. The molecular weight excluding hydrogens is 243 g/mol. The largest absolute Gasteiger partial charge is 0.271 e. The average molecular weight is 261 g/mol. The zero-order valence-corrected chi connectivity index (χ0v) is 11.1. The molecule has 0 heterocycles. The van der Waals surface area contributed by atoms with Gasteiger partial charge in [-0.15, -0.1) is 0 Å². The SMILES string of the molecule is CCCC(C)C(NN)c1cc(Cl)ccc1Cl. The average Bonchev–Trinajstić information content (AvgIpc) is 2.24. The van der Waals surface area contributed by atoms with Crippen molar-refractivity contribution in [3.8, 4) is 0 Å². The van der Waals surface area contributed by atoms with Crippen molar-refractivity contribution >= 4 is 23.2 Å². The summed E-state index contributed by atoms with van der Waals surface area (Å²) in [6, 6.07) is 5.51. The summed E-state index contributed by atoms with van der Waals surface area (Å²) in [5.41, 5.74) is 3.80. The molecule has 2 unspecified atom stereocenters. The highest BCUT2D eigenvalue weighted by atomic mass is 35.5. The second kappa shape index (κ2) is 6.45. The van der Waals surface area contributed by atoms with E-state index in [-0.39, 0.29) is 6.04 Å². The highest BCUT2D eigenvalue weighted by Gasteiger charge is 2.19. The molecule has 1 rings (SSSR count). The Morgan fingerprint density at radius 2 is 2.06 bits per heavy atom. The minimum atomic E-state index is 0.0474. The molecule has 0 aliphatic carbocycles. The fourth-order valence-electron chi connectivity index (χ4n) is 1.94. The molecule has 0 saturated heterocycles. The zero-order chi connectivity index (χ0) is 12.1. The summed E-state index contributed by atoms with van der Waals surface area (Å²) in [5.74, 6) is 6.03. The van der Waals surface area contributed by atoms with E-state index in [0.717, 1.165) is 18.4 Å². The van der Waals surface area contributed by atoms with Crippen LogP contribution >= 0.6 is 23.2 Å². The number of nitrogens with two attached hydrogens (primary N) is 1. The molecule has 0 saturated carbocycles. The van der Waals surface area contributed by atoms with Gasteiger partial charge in [0.15, 0.2) is 0 Å². The van der Waals surface area contributed by atoms with Crippen LogP contribution in [0.2, 0.25) is 10.0 Å². The highest BCUT2D eigenvalue weighted by Crippen LogP contribution is 2.31. The molecule has 0 aromatic heterocycles. The van der Waals surface area contributed by atoms with Gasteiger partial charge in [0, 0.05) is 10.0 Å². The number of hydrogen-bond donors (Lipinski definition) is 2. The van der Waals surface area contributed by atoms with Crippen molar-refractivity contribution < 1.29 is 0 Å². The van der Waals surface area contributed by atoms with E-state index in [2.05, 4.69) is 19.3 Å². The minimum absolute atomic E-state index is 0.0474. The van der Waals surface area contributed by atoms with Gasteiger partial charge >= 0.3 is 0 Å². The number of rotatable bonds is 5. The summed E-state index contributed by atoms with van der Waals surface area (Å²) in [6.07, 6.45) is 2.22. The molecule has 90 valence electrons. The van der Waals surface area contributed by atoms with E-state index < -0.39 is 0 Å². The molecule has 0 amide bonds. The second-order valence-corrected chi connectivity index (χ2v) is 4.92. The Hall–Kier alpha value is -0.280. The molecule has 2 atom stereocenters. The van der Waals surface area contributed by atoms with Crippen molar-refractivity contribution in [2.75, 3.05) is 0 Å². The fourth-order valence-corrected chi connectivity index (χ4v) is 2.35. The van der Waals surface area contributed by atoms with E-state index in [9.17, 15) is 0 Å². The van der Waals surface area contributed by atoms with Gasteiger partial charge in [-0.3, -0.25) is 11.3 Å².